The van der Waals surface area contributed by atoms with Crippen LogP contribution < -0.4 is 9.62 Å². The van der Waals surface area contributed by atoms with Crippen molar-refractivity contribution in [1.82, 2.24) is 10.2 Å². The molecule has 0 saturated carbocycles. The molecule has 0 bridgehead atoms. The first-order valence-corrected chi connectivity index (χ1v) is 14.9. The molecule has 0 heterocycles. The summed E-state index contributed by atoms with van der Waals surface area (Å²) in [6, 6.07) is 31.3. The molecule has 0 unspecified atom stereocenters. The standard InChI is InChI=1S/C33H35N3O4S/c1-25-18-20-29(21-19-25)36(41(39,40)30-16-8-5-9-17-30)24-32(37)35(23-28-15-11-10-12-26(28)2)31(33(38)34-3)22-27-13-6-4-7-14-27/h4-21,31H,22-24H2,1-3H3,(H,34,38)/t31-/m1/s1. The summed E-state index contributed by atoms with van der Waals surface area (Å²) >= 11 is 0. The van der Waals surface area contributed by atoms with Crippen LogP contribution in [0.4, 0.5) is 5.69 Å². The number of carbonyl (C=O) groups excluding carboxylic acids is 2. The topological polar surface area (TPSA) is 86.8 Å². The molecule has 0 radical (unpaired) electrons. The van der Waals surface area contributed by atoms with E-state index in [9.17, 15) is 18.0 Å². The molecule has 7 nitrogen and oxygen atoms in total. The highest BCUT2D eigenvalue weighted by Crippen LogP contribution is 2.25. The van der Waals surface area contributed by atoms with E-state index in [0.717, 1.165) is 26.6 Å². The highest BCUT2D eigenvalue weighted by Gasteiger charge is 2.34. The molecule has 8 heteroatoms. The van der Waals surface area contributed by atoms with Crippen LogP contribution in [0.1, 0.15) is 22.3 Å². The molecule has 2 amide bonds. The number of nitrogens with zero attached hydrogens (tertiary/aromatic N) is 2. The molecule has 1 atom stereocenters. The van der Waals surface area contributed by atoms with Gasteiger partial charge >= 0.3 is 0 Å². The molecule has 0 spiro atoms. The SMILES string of the molecule is CNC(=O)[C@@H](Cc1ccccc1)N(Cc1ccccc1C)C(=O)CN(c1ccc(C)cc1)S(=O)(=O)c1ccccc1. The maximum atomic E-state index is 14.3. The van der Waals surface area contributed by atoms with Crippen LogP contribution in [-0.4, -0.2) is 44.8 Å². The Labute approximate surface area is 242 Å². The Morgan fingerprint density at radius 2 is 1.37 bits per heavy atom. The normalized spacial score (nSPS) is 11.9. The number of sulfonamides is 1. The number of likely N-dealkylation sites (N-methyl/N-ethyl adjacent to an activating group) is 1. The summed E-state index contributed by atoms with van der Waals surface area (Å²) in [6.07, 6.45) is 0.272. The molecule has 0 aliphatic carbocycles. The van der Waals surface area contributed by atoms with Crippen LogP contribution in [-0.2, 0) is 32.6 Å². The predicted molar refractivity (Wildman–Crippen MR) is 162 cm³/mol. The third-order valence-corrected chi connectivity index (χ3v) is 8.84. The minimum atomic E-state index is -4.10. The van der Waals surface area contributed by atoms with Gasteiger partial charge in [-0.1, -0.05) is 90.5 Å². The van der Waals surface area contributed by atoms with E-state index in [1.165, 1.54) is 24.1 Å². The fourth-order valence-electron chi connectivity index (χ4n) is 4.65. The molecule has 0 aliphatic rings. The van der Waals surface area contributed by atoms with Gasteiger partial charge in [0.05, 0.1) is 10.6 Å². The highest BCUT2D eigenvalue weighted by atomic mass is 32.2. The molecule has 4 rings (SSSR count). The quantitative estimate of drug-likeness (QED) is 0.279. The second-order valence-electron chi connectivity index (χ2n) is 9.93. The van der Waals surface area contributed by atoms with E-state index in [-0.39, 0.29) is 23.8 Å². The summed E-state index contributed by atoms with van der Waals surface area (Å²) < 4.78 is 29.0. The van der Waals surface area contributed by atoms with Gasteiger partial charge < -0.3 is 10.2 Å². The van der Waals surface area contributed by atoms with Crippen molar-refractivity contribution in [2.45, 2.75) is 37.8 Å². The zero-order valence-corrected chi connectivity index (χ0v) is 24.3. The Hall–Kier alpha value is -4.43. The van der Waals surface area contributed by atoms with Gasteiger partial charge in [-0.25, -0.2) is 8.42 Å². The number of benzene rings is 4. The fraction of sp³-hybridized carbons (Fsp3) is 0.212. The number of amides is 2. The van der Waals surface area contributed by atoms with Crippen LogP contribution in [0.25, 0.3) is 0 Å². The molecule has 0 fully saturated rings. The van der Waals surface area contributed by atoms with Crippen molar-refractivity contribution in [3.63, 3.8) is 0 Å². The molecule has 0 aromatic heterocycles. The number of carbonyl (C=O) groups is 2. The summed E-state index contributed by atoms with van der Waals surface area (Å²) in [5.74, 6) is -0.818. The maximum absolute atomic E-state index is 14.3. The Balaban J connectivity index is 1.78. The lowest BCUT2D eigenvalue weighted by Gasteiger charge is -2.34. The first kappa shape index (κ1) is 29.6. The first-order valence-electron chi connectivity index (χ1n) is 13.4. The van der Waals surface area contributed by atoms with Gasteiger partial charge in [-0.05, 0) is 54.8 Å². The van der Waals surface area contributed by atoms with Gasteiger partial charge in [-0.15, -0.1) is 0 Å². The number of rotatable bonds is 11. The van der Waals surface area contributed by atoms with E-state index in [0.29, 0.717) is 5.69 Å². The van der Waals surface area contributed by atoms with Gasteiger partial charge in [-0.2, -0.15) is 0 Å². The molecule has 0 saturated heterocycles. The molecule has 4 aromatic carbocycles. The van der Waals surface area contributed by atoms with E-state index in [2.05, 4.69) is 5.32 Å². The van der Waals surface area contributed by atoms with E-state index in [4.69, 9.17) is 0 Å². The summed E-state index contributed by atoms with van der Waals surface area (Å²) in [7, 11) is -2.56. The number of aryl methyl sites for hydroxylation is 2. The minimum Gasteiger partial charge on any atom is -0.357 e. The smallest absolute Gasteiger partial charge is 0.264 e. The number of hydrogen-bond donors (Lipinski definition) is 1. The first-order chi connectivity index (χ1) is 19.7. The van der Waals surface area contributed by atoms with E-state index in [1.54, 1.807) is 42.5 Å². The molecular weight excluding hydrogens is 534 g/mol. The largest absolute Gasteiger partial charge is 0.357 e. The van der Waals surface area contributed by atoms with Crippen molar-refractivity contribution in [1.29, 1.82) is 0 Å². The number of anilines is 1. The zero-order chi connectivity index (χ0) is 29.4. The minimum absolute atomic E-state index is 0.0750. The second-order valence-corrected chi connectivity index (χ2v) is 11.8. The maximum Gasteiger partial charge on any atom is 0.264 e. The lowest BCUT2D eigenvalue weighted by atomic mass is 10.0. The molecular formula is C33H35N3O4S. The number of hydrogen-bond acceptors (Lipinski definition) is 4. The zero-order valence-electron chi connectivity index (χ0n) is 23.5. The molecule has 4 aromatic rings. The summed E-state index contributed by atoms with van der Waals surface area (Å²) in [5.41, 5.74) is 4.05. The third-order valence-electron chi connectivity index (χ3n) is 7.05. The van der Waals surface area contributed by atoms with Crippen molar-refractivity contribution in [3.8, 4) is 0 Å². The third kappa shape index (κ3) is 7.21. The lowest BCUT2D eigenvalue weighted by molar-refractivity contribution is -0.139. The number of nitrogens with one attached hydrogen (secondary N) is 1. The summed E-state index contributed by atoms with van der Waals surface area (Å²) in [4.78, 5) is 29.2. The molecule has 1 N–H and O–H groups in total. The Morgan fingerprint density at radius 1 is 0.780 bits per heavy atom. The monoisotopic (exact) mass is 569 g/mol. The van der Waals surface area contributed by atoms with Crippen LogP contribution >= 0.6 is 0 Å². The van der Waals surface area contributed by atoms with Crippen molar-refractivity contribution in [3.05, 3.63) is 131 Å². The summed E-state index contributed by atoms with van der Waals surface area (Å²) in [6.45, 7) is 3.52. The van der Waals surface area contributed by atoms with E-state index < -0.39 is 28.5 Å². The highest BCUT2D eigenvalue weighted by molar-refractivity contribution is 7.92. The van der Waals surface area contributed by atoms with Gasteiger partial charge in [-0.3, -0.25) is 13.9 Å². The van der Waals surface area contributed by atoms with Gasteiger partial charge in [0.2, 0.25) is 11.8 Å². The average molecular weight is 570 g/mol. The molecule has 41 heavy (non-hydrogen) atoms. The average Bonchev–Trinajstić information content (AvgIpc) is 2.99. The van der Waals surface area contributed by atoms with Crippen molar-refractivity contribution in [2.75, 3.05) is 17.9 Å². The molecule has 212 valence electrons. The van der Waals surface area contributed by atoms with Crippen LogP contribution in [0.3, 0.4) is 0 Å². The Bertz CT molecular complexity index is 1570. The van der Waals surface area contributed by atoms with Gasteiger partial charge in [0, 0.05) is 20.0 Å². The fourth-order valence-corrected chi connectivity index (χ4v) is 6.09. The van der Waals surface area contributed by atoms with Gasteiger partial charge in [0.1, 0.15) is 12.6 Å². The lowest BCUT2D eigenvalue weighted by Crippen LogP contribution is -2.53. The second kappa shape index (κ2) is 13.3. The van der Waals surface area contributed by atoms with Crippen LogP contribution in [0.15, 0.2) is 114 Å². The van der Waals surface area contributed by atoms with E-state index >= 15 is 0 Å². The summed E-state index contributed by atoms with van der Waals surface area (Å²) in [5, 5.41) is 2.70. The van der Waals surface area contributed by atoms with Crippen LogP contribution in [0.2, 0.25) is 0 Å². The Morgan fingerprint density at radius 3 is 1.98 bits per heavy atom. The van der Waals surface area contributed by atoms with Crippen molar-refractivity contribution < 1.29 is 18.0 Å². The van der Waals surface area contributed by atoms with Crippen LogP contribution in [0, 0.1) is 13.8 Å². The van der Waals surface area contributed by atoms with Crippen LogP contribution in [0.5, 0.6) is 0 Å². The van der Waals surface area contributed by atoms with E-state index in [1.807, 2.05) is 68.4 Å². The van der Waals surface area contributed by atoms with Gasteiger partial charge in [0.25, 0.3) is 10.0 Å². The Kier molecular flexibility index (Phi) is 9.57. The molecule has 0 aliphatic heterocycles. The van der Waals surface area contributed by atoms with Gasteiger partial charge in [0.15, 0.2) is 0 Å². The predicted octanol–water partition coefficient (Wildman–Crippen LogP) is 4.88. The van der Waals surface area contributed by atoms with Crippen molar-refractivity contribution >= 4 is 27.5 Å². The van der Waals surface area contributed by atoms with Crippen molar-refractivity contribution in [2.24, 2.45) is 0 Å².